The highest BCUT2D eigenvalue weighted by molar-refractivity contribution is 6.00. The molecule has 0 unspecified atom stereocenters. The number of nitrogens with zero attached hydrogens (tertiary/aromatic N) is 2. The number of amides is 1. The predicted octanol–water partition coefficient (Wildman–Crippen LogP) is 3.37. The third kappa shape index (κ3) is 4.10. The monoisotopic (exact) mass is 327 g/mol. The van der Waals surface area contributed by atoms with E-state index in [9.17, 15) is 14.9 Å². The van der Waals surface area contributed by atoms with Crippen molar-refractivity contribution < 1.29 is 9.72 Å². The van der Waals surface area contributed by atoms with E-state index in [1.165, 1.54) is 12.1 Å². The molecule has 0 radical (unpaired) electrons. The lowest BCUT2D eigenvalue weighted by molar-refractivity contribution is -0.384. The maximum Gasteiger partial charge on any atom is 0.270 e. The fraction of sp³-hybridized carbons (Fsp3) is 0.278. The van der Waals surface area contributed by atoms with Crippen LogP contribution in [-0.4, -0.2) is 23.9 Å². The Morgan fingerprint density at radius 1 is 1.12 bits per heavy atom. The normalized spacial score (nSPS) is 10.2. The first-order chi connectivity index (χ1) is 11.6. The van der Waals surface area contributed by atoms with Crippen LogP contribution in [0, 0.1) is 10.1 Å². The summed E-state index contributed by atoms with van der Waals surface area (Å²) in [7, 11) is 0. The van der Waals surface area contributed by atoms with Gasteiger partial charge in [0, 0.05) is 37.5 Å². The maximum absolute atomic E-state index is 12.6. The second kappa shape index (κ2) is 8.10. The first kappa shape index (κ1) is 17.5. The van der Waals surface area contributed by atoms with Crippen LogP contribution in [0.4, 0.5) is 11.4 Å². The molecule has 0 atom stereocenters. The average Bonchev–Trinajstić information content (AvgIpc) is 2.61. The number of anilines is 1. The van der Waals surface area contributed by atoms with Crippen molar-refractivity contribution in [3.63, 3.8) is 0 Å². The number of nitro groups is 1. The number of non-ortho nitro benzene ring substituents is 1. The van der Waals surface area contributed by atoms with Crippen molar-refractivity contribution in [2.75, 3.05) is 18.0 Å². The summed E-state index contributed by atoms with van der Waals surface area (Å²) in [6.07, 6.45) is 0. The Labute approximate surface area is 141 Å². The molecule has 126 valence electrons. The minimum absolute atomic E-state index is 0.0873. The van der Waals surface area contributed by atoms with E-state index in [4.69, 9.17) is 0 Å². The highest BCUT2D eigenvalue weighted by Gasteiger charge is 2.19. The van der Waals surface area contributed by atoms with Gasteiger partial charge < -0.3 is 10.2 Å². The Bertz CT molecular complexity index is 713. The van der Waals surface area contributed by atoms with Crippen molar-refractivity contribution in [2.45, 2.75) is 20.4 Å². The molecule has 2 aromatic rings. The molecule has 0 aliphatic carbocycles. The number of nitro benzene ring substituents is 1. The molecule has 0 saturated heterocycles. The predicted molar refractivity (Wildman–Crippen MR) is 94.3 cm³/mol. The molecule has 24 heavy (non-hydrogen) atoms. The molecule has 0 aliphatic rings. The summed E-state index contributed by atoms with van der Waals surface area (Å²) in [4.78, 5) is 25.1. The molecule has 0 bridgehead atoms. The van der Waals surface area contributed by atoms with Gasteiger partial charge in [-0.15, -0.1) is 0 Å². The van der Waals surface area contributed by atoms with E-state index in [-0.39, 0.29) is 11.6 Å². The second-order valence-electron chi connectivity index (χ2n) is 5.30. The quantitative estimate of drug-likeness (QED) is 0.625. The van der Waals surface area contributed by atoms with E-state index in [0.29, 0.717) is 30.9 Å². The Morgan fingerprint density at radius 3 is 2.38 bits per heavy atom. The lowest BCUT2D eigenvalue weighted by atomic mass is 10.1. The van der Waals surface area contributed by atoms with E-state index < -0.39 is 4.92 Å². The van der Waals surface area contributed by atoms with E-state index in [1.54, 1.807) is 6.07 Å². The number of hydrogen-bond donors (Lipinski definition) is 1. The highest BCUT2D eigenvalue weighted by Crippen LogP contribution is 2.25. The topological polar surface area (TPSA) is 75.5 Å². The minimum atomic E-state index is -0.486. The van der Waals surface area contributed by atoms with Gasteiger partial charge in [-0.1, -0.05) is 30.3 Å². The summed E-state index contributed by atoms with van der Waals surface area (Å²) < 4.78 is 0. The summed E-state index contributed by atoms with van der Waals surface area (Å²) in [5.74, 6) is -0.315. The fourth-order valence-corrected chi connectivity index (χ4v) is 2.53. The van der Waals surface area contributed by atoms with Crippen LogP contribution in [0.15, 0.2) is 48.5 Å². The lowest BCUT2D eigenvalue weighted by Crippen LogP contribution is -2.28. The van der Waals surface area contributed by atoms with Crippen LogP contribution >= 0.6 is 0 Å². The van der Waals surface area contributed by atoms with Crippen molar-refractivity contribution in [1.29, 1.82) is 0 Å². The highest BCUT2D eigenvalue weighted by atomic mass is 16.6. The average molecular weight is 327 g/mol. The molecular formula is C18H21N3O3. The van der Waals surface area contributed by atoms with Crippen LogP contribution in [0.5, 0.6) is 0 Å². The van der Waals surface area contributed by atoms with Crippen molar-refractivity contribution in [1.82, 2.24) is 5.32 Å². The van der Waals surface area contributed by atoms with Gasteiger partial charge in [0.1, 0.15) is 0 Å². The zero-order valence-electron chi connectivity index (χ0n) is 13.9. The molecule has 0 fully saturated rings. The zero-order chi connectivity index (χ0) is 17.5. The molecule has 0 aliphatic heterocycles. The number of hydrogen-bond acceptors (Lipinski definition) is 4. The molecule has 0 heterocycles. The fourth-order valence-electron chi connectivity index (χ4n) is 2.53. The van der Waals surface area contributed by atoms with Crippen LogP contribution in [-0.2, 0) is 6.54 Å². The van der Waals surface area contributed by atoms with Crippen molar-refractivity contribution in [2.24, 2.45) is 0 Å². The van der Waals surface area contributed by atoms with Crippen molar-refractivity contribution in [3.05, 3.63) is 69.8 Å². The van der Waals surface area contributed by atoms with Gasteiger partial charge in [0.05, 0.1) is 10.5 Å². The number of benzene rings is 2. The summed E-state index contributed by atoms with van der Waals surface area (Å²) in [6.45, 7) is 5.77. The first-order valence-electron chi connectivity index (χ1n) is 7.92. The van der Waals surface area contributed by atoms with Gasteiger partial charge in [-0.25, -0.2) is 0 Å². The molecule has 0 saturated carbocycles. The molecule has 2 aromatic carbocycles. The van der Waals surface area contributed by atoms with Crippen LogP contribution in [0.25, 0.3) is 0 Å². The van der Waals surface area contributed by atoms with Crippen molar-refractivity contribution in [3.8, 4) is 0 Å². The zero-order valence-corrected chi connectivity index (χ0v) is 13.9. The largest absolute Gasteiger partial charge is 0.371 e. The van der Waals surface area contributed by atoms with E-state index >= 15 is 0 Å². The Balaban J connectivity index is 2.28. The van der Waals surface area contributed by atoms with Crippen LogP contribution < -0.4 is 10.2 Å². The number of rotatable bonds is 7. The van der Waals surface area contributed by atoms with Gasteiger partial charge in [-0.2, -0.15) is 0 Å². The van der Waals surface area contributed by atoms with E-state index in [1.807, 2.05) is 49.1 Å². The standard InChI is InChI=1S/C18H21N3O3/c1-3-20(4-2)17-11-10-15(21(23)24)12-16(17)18(22)19-13-14-8-6-5-7-9-14/h5-12H,3-4,13H2,1-2H3,(H,19,22). The minimum Gasteiger partial charge on any atom is -0.371 e. The number of nitrogens with one attached hydrogen (secondary N) is 1. The number of carbonyl (C=O) groups is 1. The van der Waals surface area contributed by atoms with Crippen molar-refractivity contribution >= 4 is 17.3 Å². The van der Waals surface area contributed by atoms with Gasteiger partial charge in [0.15, 0.2) is 0 Å². The van der Waals surface area contributed by atoms with E-state index in [2.05, 4.69) is 5.32 Å². The summed E-state index contributed by atoms with van der Waals surface area (Å²) >= 11 is 0. The molecule has 1 N–H and O–H groups in total. The lowest BCUT2D eigenvalue weighted by Gasteiger charge is -2.23. The maximum atomic E-state index is 12.6. The van der Waals surface area contributed by atoms with Gasteiger partial charge >= 0.3 is 0 Å². The smallest absolute Gasteiger partial charge is 0.270 e. The summed E-state index contributed by atoms with van der Waals surface area (Å²) in [5, 5.41) is 13.9. The Kier molecular flexibility index (Phi) is 5.89. The SMILES string of the molecule is CCN(CC)c1ccc([N+](=O)[O-])cc1C(=O)NCc1ccccc1. The molecule has 6 nitrogen and oxygen atoms in total. The van der Waals surface area contributed by atoms with Crippen LogP contribution in [0.3, 0.4) is 0 Å². The molecule has 0 spiro atoms. The molecule has 0 aromatic heterocycles. The first-order valence-corrected chi connectivity index (χ1v) is 7.92. The van der Waals surface area contributed by atoms with Crippen LogP contribution in [0.2, 0.25) is 0 Å². The molecule has 6 heteroatoms. The van der Waals surface area contributed by atoms with Crippen LogP contribution in [0.1, 0.15) is 29.8 Å². The molecular weight excluding hydrogens is 306 g/mol. The van der Waals surface area contributed by atoms with Gasteiger partial charge in [0.25, 0.3) is 11.6 Å². The summed E-state index contributed by atoms with van der Waals surface area (Å²) in [6, 6.07) is 14.0. The Hall–Kier alpha value is -2.89. The third-order valence-electron chi connectivity index (χ3n) is 3.84. The van der Waals surface area contributed by atoms with Gasteiger partial charge in [-0.3, -0.25) is 14.9 Å². The molecule has 2 rings (SSSR count). The second-order valence-corrected chi connectivity index (χ2v) is 5.30. The van der Waals surface area contributed by atoms with E-state index in [0.717, 1.165) is 5.56 Å². The van der Waals surface area contributed by atoms with Gasteiger partial charge in [-0.05, 0) is 25.5 Å². The Morgan fingerprint density at radius 2 is 1.79 bits per heavy atom. The third-order valence-corrected chi connectivity index (χ3v) is 3.84. The van der Waals surface area contributed by atoms with Gasteiger partial charge in [0.2, 0.25) is 0 Å². The number of carbonyl (C=O) groups excluding carboxylic acids is 1. The molecule has 1 amide bonds. The summed E-state index contributed by atoms with van der Waals surface area (Å²) in [5.41, 5.74) is 1.91.